The van der Waals surface area contributed by atoms with Crippen LogP contribution < -0.4 is 5.32 Å². The van der Waals surface area contributed by atoms with E-state index in [0.717, 1.165) is 12.8 Å². The summed E-state index contributed by atoms with van der Waals surface area (Å²) >= 11 is 11.7. The van der Waals surface area contributed by atoms with E-state index in [0.29, 0.717) is 22.6 Å². The number of rotatable bonds is 3. The van der Waals surface area contributed by atoms with E-state index in [1.54, 1.807) is 12.1 Å². The molecule has 0 radical (unpaired) electrons. The van der Waals surface area contributed by atoms with Gasteiger partial charge in [-0.1, -0.05) is 43.5 Å². The summed E-state index contributed by atoms with van der Waals surface area (Å²) in [6, 6.07) is 3.42. The molecular weight excluding hydrogens is 283 g/mol. The van der Waals surface area contributed by atoms with Gasteiger partial charge in [-0.3, -0.25) is 4.79 Å². The molecular formula is C14H18Cl2N2O. The van der Waals surface area contributed by atoms with Crippen LogP contribution in [0.5, 0.6) is 0 Å². The minimum absolute atomic E-state index is 0.155. The average Bonchev–Trinajstić information content (AvgIpc) is 2.70. The molecule has 3 nitrogen and oxygen atoms in total. The van der Waals surface area contributed by atoms with Crippen molar-refractivity contribution in [3.05, 3.63) is 28.0 Å². The van der Waals surface area contributed by atoms with Gasteiger partial charge in [-0.25, -0.2) is 4.98 Å². The highest BCUT2D eigenvalue weighted by atomic mass is 35.5. The lowest BCUT2D eigenvalue weighted by atomic mass is 9.93. The van der Waals surface area contributed by atoms with Crippen LogP contribution in [0.3, 0.4) is 0 Å². The molecule has 19 heavy (non-hydrogen) atoms. The van der Waals surface area contributed by atoms with E-state index in [4.69, 9.17) is 23.2 Å². The number of nitrogens with one attached hydrogen (secondary N) is 1. The lowest BCUT2D eigenvalue weighted by Gasteiger charge is -2.21. The number of amides is 1. The maximum Gasteiger partial charge on any atom is 0.254 e. The van der Waals surface area contributed by atoms with Crippen LogP contribution in [0, 0.1) is 11.8 Å². The van der Waals surface area contributed by atoms with Gasteiger partial charge < -0.3 is 5.32 Å². The van der Waals surface area contributed by atoms with Gasteiger partial charge in [0.15, 0.2) is 0 Å². The van der Waals surface area contributed by atoms with Crippen molar-refractivity contribution in [1.82, 2.24) is 10.3 Å². The molecule has 1 amide bonds. The Bertz CT molecular complexity index is 479. The molecule has 1 N–H and O–H groups in total. The topological polar surface area (TPSA) is 42.0 Å². The molecule has 1 aliphatic carbocycles. The molecule has 1 aromatic heterocycles. The normalized spacial score (nSPS) is 26.4. The number of halogens is 2. The Morgan fingerprint density at radius 3 is 2.74 bits per heavy atom. The van der Waals surface area contributed by atoms with Crippen molar-refractivity contribution in [3.63, 3.8) is 0 Å². The van der Waals surface area contributed by atoms with Crippen molar-refractivity contribution >= 4 is 29.1 Å². The van der Waals surface area contributed by atoms with Crippen molar-refractivity contribution in [2.75, 3.05) is 0 Å². The Kier molecular flexibility index (Phi) is 4.69. The summed E-state index contributed by atoms with van der Waals surface area (Å²) in [4.78, 5) is 16.1. The Balaban J connectivity index is 2.05. The van der Waals surface area contributed by atoms with Gasteiger partial charge in [0, 0.05) is 6.04 Å². The smallest absolute Gasteiger partial charge is 0.254 e. The van der Waals surface area contributed by atoms with E-state index in [1.165, 1.54) is 6.42 Å². The van der Waals surface area contributed by atoms with E-state index in [-0.39, 0.29) is 17.1 Å². The molecule has 5 heteroatoms. The lowest BCUT2D eigenvalue weighted by molar-refractivity contribution is 0.0926. The number of pyridine rings is 1. The maximum atomic E-state index is 12.2. The third kappa shape index (κ3) is 3.21. The van der Waals surface area contributed by atoms with Crippen LogP contribution in [0.2, 0.25) is 10.3 Å². The summed E-state index contributed by atoms with van der Waals surface area (Å²) in [5.74, 6) is 1.04. The van der Waals surface area contributed by atoms with Gasteiger partial charge in [0.25, 0.3) is 5.91 Å². The third-order valence-electron chi connectivity index (χ3n) is 4.13. The van der Waals surface area contributed by atoms with Crippen molar-refractivity contribution < 1.29 is 4.79 Å². The first-order chi connectivity index (χ1) is 9.02. The summed E-state index contributed by atoms with van der Waals surface area (Å²) in [6.07, 6.45) is 3.37. The van der Waals surface area contributed by atoms with E-state index in [2.05, 4.69) is 24.1 Å². The largest absolute Gasteiger partial charge is 0.349 e. The summed E-state index contributed by atoms with van der Waals surface area (Å²) in [6.45, 7) is 4.40. The summed E-state index contributed by atoms with van der Waals surface area (Å²) in [7, 11) is 0. The number of hydrogen-bond donors (Lipinski definition) is 1. The first-order valence-electron chi connectivity index (χ1n) is 6.65. The zero-order valence-electron chi connectivity index (χ0n) is 11.1. The van der Waals surface area contributed by atoms with Crippen molar-refractivity contribution in [1.29, 1.82) is 0 Å². The highest BCUT2D eigenvalue weighted by molar-refractivity contribution is 6.34. The van der Waals surface area contributed by atoms with Gasteiger partial charge in [0.05, 0.1) is 5.56 Å². The van der Waals surface area contributed by atoms with Crippen LogP contribution in [0.4, 0.5) is 0 Å². The number of hydrogen-bond acceptors (Lipinski definition) is 2. The molecule has 0 spiro atoms. The summed E-state index contributed by atoms with van der Waals surface area (Å²) in [5, 5.41) is 3.51. The SMILES string of the molecule is CCC1CCC(NC(=O)c2ccc(Cl)nc2Cl)C1C. The molecule has 0 bridgehead atoms. The van der Waals surface area contributed by atoms with E-state index < -0.39 is 0 Å². The minimum atomic E-state index is -0.164. The van der Waals surface area contributed by atoms with Crippen LogP contribution >= 0.6 is 23.2 Å². The molecule has 1 aromatic rings. The zero-order valence-corrected chi connectivity index (χ0v) is 12.6. The fourth-order valence-corrected chi connectivity index (χ4v) is 3.29. The number of carbonyl (C=O) groups excluding carboxylic acids is 1. The van der Waals surface area contributed by atoms with Crippen molar-refractivity contribution in [3.8, 4) is 0 Å². The van der Waals surface area contributed by atoms with Gasteiger partial charge in [-0.05, 0) is 36.8 Å². The fraction of sp³-hybridized carbons (Fsp3) is 0.571. The number of aromatic nitrogens is 1. The third-order valence-corrected chi connectivity index (χ3v) is 4.63. The maximum absolute atomic E-state index is 12.2. The lowest BCUT2D eigenvalue weighted by Crippen LogP contribution is -2.37. The molecule has 1 saturated carbocycles. The quantitative estimate of drug-likeness (QED) is 0.859. The van der Waals surface area contributed by atoms with Crippen LogP contribution in [0.25, 0.3) is 0 Å². The number of carbonyl (C=O) groups is 1. The second-order valence-electron chi connectivity index (χ2n) is 5.16. The second-order valence-corrected chi connectivity index (χ2v) is 5.90. The van der Waals surface area contributed by atoms with Gasteiger partial charge in [0.2, 0.25) is 0 Å². The van der Waals surface area contributed by atoms with Crippen molar-refractivity contribution in [2.45, 2.75) is 39.2 Å². The summed E-state index contributed by atoms with van der Waals surface area (Å²) < 4.78 is 0. The predicted molar refractivity (Wildman–Crippen MR) is 77.7 cm³/mol. The van der Waals surface area contributed by atoms with Gasteiger partial charge in [-0.15, -0.1) is 0 Å². The zero-order chi connectivity index (χ0) is 14.0. The van der Waals surface area contributed by atoms with Crippen LogP contribution in [-0.2, 0) is 0 Å². The molecule has 2 rings (SSSR count). The predicted octanol–water partition coefficient (Wildman–Crippen LogP) is 3.94. The van der Waals surface area contributed by atoms with Gasteiger partial charge >= 0.3 is 0 Å². The number of nitrogens with zero attached hydrogens (tertiary/aromatic N) is 1. The molecule has 1 aliphatic rings. The highest BCUT2D eigenvalue weighted by Gasteiger charge is 2.32. The monoisotopic (exact) mass is 300 g/mol. The van der Waals surface area contributed by atoms with E-state index in [9.17, 15) is 4.79 Å². The molecule has 0 aliphatic heterocycles. The molecule has 0 aromatic carbocycles. The Morgan fingerprint density at radius 2 is 2.16 bits per heavy atom. The first kappa shape index (κ1) is 14.6. The molecule has 1 fully saturated rings. The van der Waals surface area contributed by atoms with Crippen LogP contribution in [0.15, 0.2) is 12.1 Å². The molecule has 3 atom stereocenters. The van der Waals surface area contributed by atoms with Crippen LogP contribution in [-0.4, -0.2) is 16.9 Å². The van der Waals surface area contributed by atoms with E-state index >= 15 is 0 Å². The molecule has 1 heterocycles. The van der Waals surface area contributed by atoms with Crippen LogP contribution in [0.1, 0.15) is 43.5 Å². The Hall–Kier alpha value is -0.800. The average molecular weight is 301 g/mol. The standard InChI is InChI=1S/C14H18Cl2N2O/c1-3-9-4-6-11(8(9)2)17-14(19)10-5-7-12(15)18-13(10)16/h5,7-9,11H,3-4,6H2,1-2H3,(H,17,19). The molecule has 0 saturated heterocycles. The van der Waals surface area contributed by atoms with Crippen molar-refractivity contribution in [2.24, 2.45) is 11.8 Å². The summed E-state index contributed by atoms with van der Waals surface area (Å²) in [5.41, 5.74) is 0.387. The molecule has 104 valence electrons. The van der Waals surface area contributed by atoms with E-state index in [1.807, 2.05) is 0 Å². The minimum Gasteiger partial charge on any atom is -0.349 e. The second kappa shape index (κ2) is 6.10. The fourth-order valence-electron chi connectivity index (χ4n) is 2.86. The highest BCUT2D eigenvalue weighted by Crippen LogP contribution is 2.34. The Morgan fingerprint density at radius 1 is 1.42 bits per heavy atom. The first-order valence-corrected chi connectivity index (χ1v) is 7.41. The van der Waals surface area contributed by atoms with Gasteiger partial charge in [0.1, 0.15) is 10.3 Å². The van der Waals surface area contributed by atoms with Gasteiger partial charge in [-0.2, -0.15) is 0 Å². The Labute approximate surface area is 123 Å². The molecule has 3 unspecified atom stereocenters.